The third-order valence-corrected chi connectivity index (χ3v) is 5.46. The smallest absolute Gasteiger partial charge is 0.191 e. The van der Waals surface area contributed by atoms with Crippen molar-refractivity contribution in [1.29, 1.82) is 0 Å². The average Bonchev–Trinajstić information content (AvgIpc) is 2.50. The van der Waals surface area contributed by atoms with E-state index in [1.807, 2.05) is 0 Å². The van der Waals surface area contributed by atoms with Gasteiger partial charge in [-0.2, -0.15) is 0 Å². The predicted molar refractivity (Wildman–Crippen MR) is 99.1 cm³/mol. The maximum absolute atomic E-state index is 4.88. The minimum atomic E-state index is 0.517. The first-order valence-corrected chi connectivity index (χ1v) is 9.33. The van der Waals surface area contributed by atoms with E-state index in [2.05, 4.69) is 55.3 Å². The largest absolute Gasteiger partial charge is 0.357 e. The highest BCUT2D eigenvalue weighted by atomic mass is 15.3. The van der Waals surface area contributed by atoms with Gasteiger partial charge in [0.15, 0.2) is 5.96 Å². The summed E-state index contributed by atoms with van der Waals surface area (Å²) in [6.45, 7) is 12.1. The number of likely N-dealkylation sites (N-methyl/N-ethyl adjacent to an activating group) is 2. The van der Waals surface area contributed by atoms with E-state index >= 15 is 0 Å². The van der Waals surface area contributed by atoms with Crippen LogP contribution in [-0.4, -0.2) is 74.7 Å². The summed E-state index contributed by atoms with van der Waals surface area (Å²) in [5.41, 5.74) is 0.517. The molecule has 23 heavy (non-hydrogen) atoms. The Morgan fingerprint density at radius 3 is 2.52 bits per heavy atom. The van der Waals surface area contributed by atoms with Gasteiger partial charge in [0.1, 0.15) is 0 Å². The quantitative estimate of drug-likeness (QED) is 0.611. The lowest BCUT2D eigenvalue weighted by atomic mass is 9.75. The summed E-state index contributed by atoms with van der Waals surface area (Å²) < 4.78 is 0. The van der Waals surface area contributed by atoms with Gasteiger partial charge in [0, 0.05) is 38.3 Å². The van der Waals surface area contributed by atoms with Crippen molar-refractivity contribution in [3.8, 4) is 0 Å². The Hall–Kier alpha value is -0.810. The molecule has 2 N–H and O–H groups in total. The van der Waals surface area contributed by atoms with Crippen LogP contribution in [0.4, 0.5) is 0 Å². The van der Waals surface area contributed by atoms with E-state index < -0.39 is 0 Å². The van der Waals surface area contributed by atoms with Gasteiger partial charge < -0.3 is 15.5 Å². The number of piperazine rings is 1. The first kappa shape index (κ1) is 18.5. The first-order valence-electron chi connectivity index (χ1n) is 9.33. The van der Waals surface area contributed by atoms with Crippen LogP contribution in [0.3, 0.4) is 0 Å². The van der Waals surface area contributed by atoms with Gasteiger partial charge in [-0.25, -0.2) is 0 Å². The molecule has 2 aliphatic rings. The van der Waals surface area contributed by atoms with Crippen LogP contribution in [0.15, 0.2) is 4.99 Å². The molecule has 0 aromatic heterocycles. The van der Waals surface area contributed by atoms with E-state index in [4.69, 9.17) is 4.99 Å². The van der Waals surface area contributed by atoms with Crippen molar-refractivity contribution >= 4 is 5.96 Å². The average molecular weight is 324 g/mol. The molecule has 0 spiro atoms. The minimum Gasteiger partial charge on any atom is -0.357 e. The maximum Gasteiger partial charge on any atom is 0.191 e. The molecule has 5 nitrogen and oxygen atoms in total. The number of nitrogens with one attached hydrogen (secondary N) is 2. The first-order chi connectivity index (χ1) is 10.9. The van der Waals surface area contributed by atoms with Crippen LogP contribution in [0.5, 0.6) is 0 Å². The molecule has 1 heterocycles. The van der Waals surface area contributed by atoms with Crippen LogP contribution in [0.25, 0.3) is 0 Å². The standard InChI is InChI=1S/C18H37N5/c1-6-19-17(21-15-7-9-18(2,3)10-8-15)20-13-16-14-22(4)11-12-23(16)5/h15-16H,6-14H2,1-5H3,(H2,19,20,21). The Bertz CT molecular complexity index is 383. The topological polar surface area (TPSA) is 42.9 Å². The van der Waals surface area contributed by atoms with Gasteiger partial charge in [0.2, 0.25) is 0 Å². The lowest BCUT2D eigenvalue weighted by molar-refractivity contribution is 0.119. The Balaban J connectivity index is 1.87. The number of rotatable bonds is 4. The molecule has 2 rings (SSSR count). The fourth-order valence-corrected chi connectivity index (χ4v) is 3.55. The molecule has 1 aliphatic carbocycles. The van der Waals surface area contributed by atoms with E-state index in [0.717, 1.165) is 38.7 Å². The van der Waals surface area contributed by atoms with Crippen LogP contribution in [-0.2, 0) is 0 Å². The minimum absolute atomic E-state index is 0.517. The van der Waals surface area contributed by atoms with Crippen molar-refractivity contribution in [1.82, 2.24) is 20.4 Å². The van der Waals surface area contributed by atoms with Crippen molar-refractivity contribution in [3.05, 3.63) is 0 Å². The third kappa shape index (κ3) is 5.96. The molecule has 5 heteroatoms. The van der Waals surface area contributed by atoms with Crippen molar-refractivity contribution in [3.63, 3.8) is 0 Å². The number of aliphatic imine (C=N–C) groups is 1. The van der Waals surface area contributed by atoms with E-state index in [0.29, 0.717) is 17.5 Å². The highest BCUT2D eigenvalue weighted by molar-refractivity contribution is 5.80. The second-order valence-corrected chi connectivity index (χ2v) is 8.20. The van der Waals surface area contributed by atoms with Crippen molar-refractivity contribution in [2.75, 3.05) is 46.8 Å². The van der Waals surface area contributed by atoms with Gasteiger partial charge in [-0.1, -0.05) is 13.8 Å². The van der Waals surface area contributed by atoms with Gasteiger partial charge >= 0.3 is 0 Å². The zero-order chi connectivity index (χ0) is 16.9. The van der Waals surface area contributed by atoms with Crippen LogP contribution >= 0.6 is 0 Å². The van der Waals surface area contributed by atoms with Gasteiger partial charge in [0.05, 0.1) is 6.54 Å². The van der Waals surface area contributed by atoms with Crippen molar-refractivity contribution in [2.45, 2.75) is 58.5 Å². The monoisotopic (exact) mass is 323 g/mol. The van der Waals surface area contributed by atoms with Crippen LogP contribution < -0.4 is 10.6 Å². The molecule has 1 atom stereocenters. The highest BCUT2D eigenvalue weighted by Crippen LogP contribution is 2.34. The molecule has 0 radical (unpaired) electrons. The van der Waals surface area contributed by atoms with Crippen LogP contribution in [0.2, 0.25) is 0 Å². The molecule has 2 fully saturated rings. The number of guanidine groups is 1. The summed E-state index contributed by atoms with van der Waals surface area (Å²) in [5.74, 6) is 0.999. The molecular formula is C18H37N5. The molecule has 0 bridgehead atoms. The summed E-state index contributed by atoms with van der Waals surface area (Å²) in [4.78, 5) is 9.73. The summed E-state index contributed by atoms with van der Waals surface area (Å²) in [7, 11) is 4.42. The molecule has 0 aromatic rings. The Labute approximate surface area is 142 Å². The number of nitrogens with zero attached hydrogens (tertiary/aromatic N) is 3. The predicted octanol–water partition coefficient (Wildman–Crippen LogP) is 1.76. The van der Waals surface area contributed by atoms with E-state index in [1.165, 1.54) is 25.7 Å². The van der Waals surface area contributed by atoms with E-state index in [9.17, 15) is 0 Å². The van der Waals surface area contributed by atoms with Crippen molar-refractivity contribution < 1.29 is 0 Å². The van der Waals surface area contributed by atoms with E-state index in [-0.39, 0.29) is 0 Å². The Morgan fingerprint density at radius 2 is 1.87 bits per heavy atom. The molecular weight excluding hydrogens is 286 g/mol. The second kappa shape index (κ2) is 8.34. The Kier molecular flexibility index (Phi) is 6.72. The second-order valence-electron chi connectivity index (χ2n) is 8.20. The summed E-state index contributed by atoms with van der Waals surface area (Å²) in [5, 5.41) is 7.09. The highest BCUT2D eigenvalue weighted by Gasteiger charge is 2.27. The zero-order valence-corrected chi connectivity index (χ0v) is 15.9. The normalized spacial score (nSPS) is 27.9. The van der Waals surface area contributed by atoms with Crippen LogP contribution in [0, 0.1) is 5.41 Å². The number of hydrogen-bond donors (Lipinski definition) is 2. The fraction of sp³-hybridized carbons (Fsp3) is 0.944. The summed E-state index contributed by atoms with van der Waals surface area (Å²) in [6.07, 6.45) is 5.12. The van der Waals surface area contributed by atoms with E-state index in [1.54, 1.807) is 0 Å². The van der Waals surface area contributed by atoms with Gasteiger partial charge in [-0.05, 0) is 52.1 Å². The van der Waals surface area contributed by atoms with Gasteiger partial charge in [0.25, 0.3) is 0 Å². The zero-order valence-electron chi connectivity index (χ0n) is 15.9. The molecule has 1 aliphatic heterocycles. The van der Waals surface area contributed by atoms with Gasteiger partial charge in [-0.3, -0.25) is 9.89 Å². The number of hydrogen-bond acceptors (Lipinski definition) is 3. The SMILES string of the molecule is CCNC(=NCC1CN(C)CCN1C)NC1CCC(C)(C)CC1. The summed E-state index contributed by atoms with van der Waals surface area (Å²) in [6, 6.07) is 1.10. The molecule has 0 amide bonds. The molecule has 1 unspecified atom stereocenters. The third-order valence-electron chi connectivity index (χ3n) is 5.46. The molecule has 0 aromatic carbocycles. The van der Waals surface area contributed by atoms with Crippen molar-refractivity contribution in [2.24, 2.45) is 10.4 Å². The molecule has 1 saturated carbocycles. The molecule has 134 valence electrons. The summed E-state index contributed by atoms with van der Waals surface area (Å²) >= 11 is 0. The lowest BCUT2D eigenvalue weighted by Crippen LogP contribution is -2.52. The fourth-order valence-electron chi connectivity index (χ4n) is 3.55. The maximum atomic E-state index is 4.88. The van der Waals surface area contributed by atoms with Crippen LogP contribution in [0.1, 0.15) is 46.5 Å². The lowest BCUT2D eigenvalue weighted by Gasteiger charge is -2.37. The Morgan fingerprint density at radius 1 is 1.17 bits per heavy atom. The molecule has 1 saturated heterocycles. The van der Waals surface area contributed by atoms with Gasteiger partial charge in [-0.15, -0.1) is 0 Å².